The van der Waals surface area contributed by atoms with E-state index < -0.39 is 0 Å². The van der Waals surface area contributed by atoms with E-state index in [4.69, 9.17) is 10.5 Å². The Bertz CT molecular complexity index is 363. The molecule has 0 atom stereocenters. The molecule has 18 heavy (non-hydrogen) atoms. The number of rotatable bonds is 7. The second-order valence-corrected chi connectivity index (χ2v) is 4.51. The van der Waals surface area contributed by atoms with Crippen LogP contribution >= 0.6 is 0 Å². The van der Waals surface area contributed by atoms with Gasteiger partial charge in [0.2, 0.25) is 0 Å². The van der Waals surface area contributed by atoms with Crippen LogP contribution in [-0.4, -0.2) is 30.6 Å². The van der Waals surface area contributed by atoms with Crippen LogP contribution < -0.4 is 15.8 Å². The van der Waals surface area contributed by atoms with Gasteiger partial charge in [-0.25, -0.2) is 0 Å². The van der Waals surface area contributed by atoms with Gasteiger partial charge < -0.3 is 15.8 Å². The highest BCUT2D eigenvalue weighted by Crippen LogP contribution is 2.08. The molecule has 0 fully saturated rings. The van der Waals surface area contributed by atoms with E-state index >= 15 is 0 Å². The Morgan fingerprint density at radius 2 is 2.28 bits per heavy atom. The Morgan fingerprint density at radius 1 is 1.50 bits per heavy atom. The Balaban J connectivity index is 2.32. The molecule has 1 heterocycles. The van der Waals surface area contributed by atoms with Gasteiger partial charge in [0.05, 0.1) is 6.20 Å². The van der Waals surface area contributed by atoms with E-state index in [1.807, 2.05) is 19.9 Å². The summed E-state index contributed by atoms with van der Waals surface area (Å²) in [5.74, 6) is 0.913. The first-order valence-corrected chi connectivity index (χ1v) is 6.16. The van der Waals surface area contributed by atoms with Gasteiger partial charge in [-0.3, -0.25) is 9.78 Å². The van der Waals surface area contributed by atoms with Crippen molar-refractivity contribution in [2.24, 2.45) is 11.7 Å². The molecule has 0 aromatic carbocycles. The number of hydrogen-bond acceptors (Lipinski definition) is 4. The van der Waals surface area contributed by atoms with Gasteiger partial charge in [-0.1, -0.05) is 13.8 Å². The van der Waals surface area contributed by atoms with Gasteiger partial charge in [0.1, 0.15) is 5.75 Å². The highest BCUT2D eigenvalue weighted by Gasteiger charge is 2.03. The second kappa shape index (κ2) is 7.66. The van der Waals surface area contributed by atoms with Crippen molar-refractivity contribution in [3.05, 3.63) is 24.0 Å². The third-order valence-electron chi connectivity index (χ3n) is 2.28. The first kappa shape index (κ1) is 14.4. The number of hydrogen-bond donors (Lipinski definition) is 2. The normalized spacial score (nSPS) is 10.4. The van der Waals surface area contributed by atoms with Gasteiger partial charge in [0.15, 0.2) is 6.61 Å². The van der Waals surface area contributed by atoms with Gasteiger partial charge in [-0.15, -0.1) is 0 Å². The van der Waals surface area contributed by atoms with E-state index in [0.717, 1.165) is 12.1 Å². The maximum Gasteiger partial charge on any atom is 0.257 e. The van der Waals surface area contributed by atoms with Crippen molar-refractivity contribution in [2.45, 2.75) is 20.3 Å². The molecule has 1 rings (SSSR count). The molecule has 1 amide bonds. The van der Waals surface area contributed by atoms with Gasteiger partial charge in [-0.05, 0) is 24.6 Å². The fourth-order valence-electron chi connectivity index (χ4n) is 1.31. The lowest BCUT2D eigenvalue weighted by molar-refractivity contribution is -0.123. The first-order valence-electron chi connectivity index (χ1n) is 6.16. The lowest BCUT2D eigenvalue weighted by Crippen LogP contribution is -2.31. The fraction of sp³-hybridized carbons (Fsp3) is 0.538. The van der Waals surface area contributed by atoms with E-state index in [0.29, 0.717) is 24.8 Å². The summed E-state index contributed by atoms with van der Waals surface area (Å²) in [6.45, 7) is 5.34. The number of pyridine rings is 1. The zero-order chi connectivity index (χ0) is 13.4. The predicted molar refractivity (Wildman–Crippen MR) is 70.3 cm³/mol. The van der Waals surface area contributed by atoms with Crippen LogP contribution in [0.25, 0.3) is 0 Å². The van der Waals surface area contributed by atoms with Crippen molar-refractivity contribution < 1.29 is 9.53 Å². The largest absolute Gasteiger partial charge is 0.482 e. The lowest BCUT2D eigenvalue weighted by Gasteiger charge is -2.09. The minimum absolute atomic E-state index is 0.0185. The molecule has 0 aliphatic rings. The van der Waals surface area contributed by atoms with Crippen molar-refractivity contribution in [2.75, 3.05) is 19.7 Å². The second-order valence-electron chi connectivity index (χ2n) is 4.51. The van der Waals surface area contributed by atoms with E-state index in [1.165, 1.54) is 0 Å². The molecule has 100 valence electrons. The molecule has 0 spiro atoms. The predicted octanol–water partition coefficient (Wildman–Crippen LogP) is 0.734. The first-order chi connectivity index (χ1) is 8.61. The summed E-state index contributed by atoms with van der Waals surface area (Å²) in [6.07, 6.45) is 2.36. The highest BCUT2D eigenvalue weighted by molar-refractivity contribution is 5.77. The summed E-state index contributed by atoms with van der Waals surface area (Å²) >= 11 is 0. The van der Waals surface area contributed by atoms with Crippen molar-refractivity contribution in [1.82, 2.24) is 10.3 Å². The number of carbonyl (C=O) groups is 1. The monoisotopic (exact) mass is 251 g/mol. The van der Waals surface area contributed by atoms with Crippen LogP contribution in [0.4, 0.5) is 0 Å². The third kappa shape index (κ3) is 5.63. The Hall–Kier alpha value is -1.62. The van der Waals surface area contributed by atoms with Gasteiger partial charge in [0.25, 0.3) is 5.91 Å². The van der Waals surface area contributed by atoms with Crippen LogP contribution in [-0.2, 0) is 11.2 Å². The topological polar surface area (TPSA) is 77.2 Å². The molecule has 0 unspecified atom stereocenters. The smallest absolute Gasteiger partial charge is 0.257 e. The number of nitrogens with two attached hydrogens (primary N) is 1. The number of nitrogens with one attached hydrogen (secondary N) is 1. The average molecular weight is 251 g/mol. The van der Waals surface area contributed by atoms with Gasteiger partial charge in [0, 0.05) is 18.7 Å². The SMILES string of the molecule is CC(C)CNC(=O)COc1ccc(CCN)nc1. The molecule has 0 saturated carbocycles. The van der Waals surface area contributed by atoms with Crippen LogP contribution in [0.5, 0.6) is 5.75 Å². The lowest BCUT2D eigenvalue weighted by atomic mass is 10.2. The molecule has 0 bridgehead atoms. The van der Waals surface area contributed by atoms with E-state index in [-0.39, 0.29) is 12.5 Å². The summed E-state index contributed by atoms with van der Waals surface area (Å²) in [5.41, 5.74) is 6.36. The molecule has 1 aromatic heterocycles. The zero-order valence-electron chi connectivity index (χ0n) is 11.0. The quantitative estimate of drug-likeness (QED) is 0.749. The molecule has 1 aromatic rings. The zero-order valence-corrected chi connectivity index (χ0v) is 11.0. The number of carbonyl (C=O) groups excluding carboxylic acids is 1. The van der Waals surface area contributed by atoms with Crippen LogP contribution in [0, 0.1) is 5.92 Å². The van der Waals surface area contributed by atoms with Crippen LogP contribution in [0.3, 0.4) is 0 Å². The number of ether oxygens (including phenoxy) is 1. The number of amides is 1. The maximum absolute atomic E-state index is 11.4. The van der Waals surface area contributed by atoms with E-state index in [2.05, 4.69) is 10.3 Å². The molecule has 5 heteroatoms. The molecule has 0 aliphatic carbocycles. The highest BCUT2D eigenvalue weighted by atomic mass is 16.5. The van der Waals surface area contributed by atoms with E-state index in [1.54, 1.807) is 12.3 Å². The Labute approximate surface area is 108 Å². The molecule has 3 N–H and O–H groups in total. The van der Waals surface area contributed by atoms with Crippen LogP contribution in [0.15, 0.2) is 18.3 Å². The minimum Gasteiger partial charge on any atom is -0.482 e. The molecule has 5 nitrogen and oxygen atoms in total. The van der Waals surface area contributed by atoms with Gasteiger partial charge in [-0.2, -0.15) is 0 Å². The Kier molecular flexibility index (Phi) is 6.14. The van der Waals surface area contributed by atoms with Crippen molar-refractivity contribution >= 4 is 5.91 Å². The number of aromatic nitrogens is 1. The average Bonchev–Trinajstić information content (AvgIpc) is 2.36. The minimum atomic E-state index is -0.116. The van der Waals surface area contributed by atoms with E-state index in [9.17, 15) is 4.79 Å². The van der Waals surface area contributed by atoms with Crippen molar-refractivity contribution in [3.63, 3.8) is 0 Å². The Morgan fingerprint density at radius 3 is 2.83 bits per heavy atom. The summed E-state index contributed by atoms with van der Waals surface area (Å²) in [7, 11) is 0. The standard InChI is InChI=1S/C13H21N3O2/c1-10(2)7-16-13(17)9-18-12-4-3-11(5-6-14)15-8-12/h3-4,8,10H,5-7,9,14H2,1-2H3,(H,16,17). The summed E-state index contributed by atoms with van der Waals surface area (Å²) in [6, 6.07) is 3.65. The van der Waals surface area contributed by atoms with Gasteiger partial charge >= 0.3 is 0 Å². The maximum atomic E-state index is 11.4. The molecule has 0 aliphatic heterocycles. The van der Waals surface area contributed by atoms with Crippen molar-refractivity contribution in [1.29, 1.82) is 0 Å². The molecule has 0 radical (unpaired) electrons. The van der Waals surface area contributed by atoms with Crippen molar-refractivity contribution in [3.8, 4) is 5.75 Å². The summed E-state index contributed by atoms with van der Waals surface area (Å²) in [4.78, 5) is 15.6. The summed E-state index contributed by atoms with van der Waals surface area (Å²) < 4.78 is 5.33. The fourth-order valence-corrected chi connectivity index (χ4v) is 1.31. The van der Waals surface area contributed by atoms with Crippen LogP contribution in [0.2, 0.25) is 0 Å². The molecule has 0 saturated heterocycles. The molecular weight excluding hydrogens is 230 g/mol. The molecular formula is C13H21N3O2. The number of nitrogens with zero attached hydrogens (tertiary/aromatic N) is 1. The van der Waals surface area contributed by atoms with Crippen LogP contribution in [0.1, 0.15) is 19.5 Å². The summed E-state index contributed by atoms with van der Waals surface area (Å²) in [5, 5.41) is 2.78. The third-order valence-corrected chi connectivity index (χ3v) is 2.28.